The Bertz CT molecular complexity index is 876. The van der Waals surface area contributed by atoms with Crippen molar-refractivity contribution in [1.82, 2.24) is 5.32 Å². The molecule has 0 radical (unpaired) electrons. The highest BCUT2D eigenvalue weighted by Crippen LogP contribution is 2.42. The number of unbranched alkanes of at least 4 members (excludes halogenated alkanes) is 1. The van der Waals surface area contributed by atoms with E-state index in [9.17, 15) is 9.59 Å². The van der Waals surface area contributed by atoms with Gasteiger partial charge in [0.25, 0.3) is 5.91 Å². The van der Waals surface area contributed by atoms with Gasteiger partial charge in [-0.2, -0.15) is 0 Å². The number of carbonyl (C=O) groups is 2. The molecule has 2 aromatic carbocycles. The number of hydrogen-bond acceptors (Lipinski definition) is 3. The van der Waals surface area contributed by atoms with Gasteiger partial charge in [-0.1, -0.05) is 61.5 Å². The first-order valence-corrected chi connectivity index (χ1v) is 10.0. The van der Waals surface area contributed by atoms with Gasteiger partial charge < -0.3 is 5.32 Å². The molecule has 1 aliphatic rings. The van der Waals surface area contributed by atoms with Gasteiger partial charge in [0, 0.05) is 11.4 Å². The Balaban J connectivity index is 1.89. The maximum Gasteiger partial charge on any atom is 0.265 e. The summed E-state index contributed by atoms with van der Waals surface area (Å²) < 4.78 is 0. The molecule has 0 unspecified atom stereocenters. The molecule has 1 aliphatic heterocycles. The van der Waals surface area contributed by atoms with Crippen molar-refractivity contribution in [3.63, 3.8) is 0 Å². The summed E-state index contributed by atoms with van der Waals surface area (Å²) in [6, 6.07) is 15.7. The van der Waals surface area contributed by atoms with Gasteiger partial charge in [0.1, 0.15) is 6.54 Å². The second kappa shape index (κ2) is 8.91. The smallest absolute Gasteiger partial charge is 0.265 e. The van der Waals surface area contributed by atoms with E-state index in [1.807, 2.05) is 61.5 Å². The molecule has 0 fully saturated rings. The summed E-state index contributed by atoms with van der Waals surface area (Å²) in [5.41, 5.74) is 2.92. The van der Waals surface area contributed by atoms with Crippen LogP contribution in [0.2, 0.25) is 0 Å². The number of aryl methyl sites for hydroxylation is 1. The molecule has 140 valence electrons. The third-order valence-corrected chi connectivity index (χ3v) is 5.54. The molecule has 0 spiro atoms. The molecule has 27 heavy (non-hydrogen) atoms. The van der Waals surface area contributed by atoms with E-state index in [1.165, 1.54) is 11.8 Å². The highest BCUT2D eigenvalue weighted by molar-refractivity contribution is 8.04. The first-order chi connectivity index (χ1) is 13.1. The summed E-state index contributed by atoms with van der Waals surface area (Å²) in [6.07, 6.45) is 3.87. The molecule has 4 nitrogen and oxygen atoms in total. The van der Waals surface area contributed by atoms with E-state index >= 15 is 0 Å². The molecule has 2 amide bonds. The summed E-state index contributed by atoms with van der Waals surface area (Å²) in [5.74, 6) is -0.263. The second-order valence-electron chi connectivity index (χ2n) is 6.53. The number of para-hydroxylation sites is 1. The fourth-order valence-electron chi connectivity index (χ4n) is 2.91. The monoisotopic (exact) mass is 380 g/mol. The van der Waals surface area contributed by atoms with Crippen LogP contribution in [0.15, 0.2) is 58.3 Å². The van der Waals surface area contributed by atoms with Crippen LogP contribution in [-0.2, 0) is 9.59 Å². The third kappa shape index (κ3) is 4.61. The first-order valence-electron chi connectivity index (χ1n) is 9.23. The predicted molar refractivity (Wildman–Crippen MR) is 112 cm³/mol. The number of carbonyl (C=O) groups excluding carboxylic acids is 2. The maximum atomic E-state index is 13.1. The quantitative estimate of drug-likeness (QED) is 0.597. The molecule has 3 rings (SSSR count). The highest BCUT2D eigenvalue weighted by Gasteiger charge is 2.30. The average molecular weight is 381 g/mol. The van der Waals surface area contributed by atoms with Crippen molar-refractivity contribution in [3.05, 3.63) is 64.6 Å². The molecule has 1 heterocycles. The Labute approximate surface area is 164 Å². The number of anilines is 1. The maximum absolute atomic E-state index is 13.1. The van der Waals surface area contributed by atoms with Crippen LogP contribution in [0.4, 0.5) is 5.69 Å². The van der Waals surface area contributed by atoms with Gasteiger partial charge in [0.05, 0.1) is 10.6 Å². The van der Waals surface area contributed by atoms with Crippen molar-refractivity contribution in [3.8, 4) is 0 Å². The predicted octanol–water partition coefficient (Wildman–Crippen LogP) is 4.39. The molecule has 5 heteroatoms. The minimum atomic E-state index is -0.132. The molecule has 0 atom stereocenters. The van der Waals surface area contributed by atoms with Crippen LogP contribution in [0.1, 0.15) is 30.9 Å². The van der Waals surface area contributed by atoms with E-state index in [4.69, 9.17) is 0 Å². The minimum Gasteiger partial charge on any atom is -0.355 e. The fourth-order valence-corrected chi connectivity index (χ4v) is 3.96. The Morgan fingerprint density at radius 3 is 2.67 bits per heavy atom. The van der Waals surface area contributed by atoms with Crippen molar-refractivity contribution in [2.45, 2.75) is 31.6 Å². The van der Waals surface area contributed by atoms with Crippen molar-refractivity contribution in [1.29, 1.82) is 0 Å². The number of amides is 2. The molecule has 1 N–H and O–H groups in total. The molecular weight excluding hydrogens is 356 g/mol. The van der Waals surface area contributed by atoms with Crippen molar-refractivity contribution in [2.75, 3.05) is 18.0 Å². The summed E-state index contributed by atoms with van der Waals surface area (Å²) in [4.78, 5) is 28.6. The third-order valence-electron chi connectivity index (χ3n) is 4.46. The standard InChI is InChI=1S/C22H24N2O2S/c1-3-4-13-23-21(25)15-24-18-11-7-8-12-19(18)27-20(22(24)26)14-17-10-6-5-9-16(17)2/h5-12,14H,3-4,13,15H2,1-2H3,(H,23,25). The van der Waals surface area contributed by atoms with Crippen LogP contribution in [0.5, 0.6) is 0 Å². The largest absolute Gasteiger partial charge is 0.355 e. The topological polar surface area (TPSA) is 49.4 Å². The Kier molecular flexibility index (Phi) is 6.35. The van der Waals surface area contributed by atoms with Crippen LogP contribution in [0.25, 0.3) is 6.08 Å². The van der Waals surface area contributed by atoms with Gasteiger partial charge in [0.15, 0.2) is 0 Å². The van der Waals surface area contributed by atoms with Gasteiger partial charge in [-0.25, -0.2) is 0 Å². The zero-order chi connectivity index (χ0) is 19.2. The molecule has 0 aromatic heterocycles. The lowest BCUT2D eigenvalue weighted by molar-refractivity contribution is -0.122. The molecule has 0 saturated heterocycles. The number of thioether (sulfide) groups is 1. The van der Waals surface area contributed by atoms with E-state index in [-0.39, 0.29) is 18.4 Å². The molecular formula is C22H24N2O2S. The second-order valence-corrected chi connectivity index (χ2v) is 7.61. The number of fused-ring (bicyclic) bond motifs is 1. The number of benzene rings is 2. The van der Waals surface area contributed by atoms with Crippen LogP contribution >= 0.6 is 11.8 Å². The zero-order valence-corrected chi connectivity index (χ0v) is 16.5. The van der Waals surface area contributed by atoms with E-state index in [0.29, 0.717) is 11.4 Å². The summed E-state index contributed by atoms with van der Waals surface area (Å²) in [7, 11) is 0. The van der Waals surface area contributed by atoms with E-state index in [1.54, 1.807) is 4.90 Å². The lowest BCUT2D eigenvalue weighted by Gasteiger charge is -2.30. The number of rotatable bonds is 6. The normalized spacial score (nSPS) is 15.0. The van der Waals surface area contributed by atoms with Crippen LogP contribution in [0, 0.1) is 6.92 Å². The Hall–Kier alpha value is -2.53. The van der Waals surface area contributed by atoms with E-state index < -0.39 is 0 Å². The van der Waals surface area contributed by atoms with Crippen molar-refractivity contribution in [2.24, 2.45) is 0 Å². The van der Waals surface area contributed by atoms with Gasteiger partial charge in [0.2, 0.25) is 5.91 Å². The Morgan fingerprint density at radius 1 is 1.15 bits per heavy atom. The highest BCUT2D eigenvalue weighted by atomic mass is 32.2. The molecule has 0 saturated carbocycles. The SMILES string of the molecule is CCCCNC(=O)CN1C(=O)C(=Cc2ccccc2C)Sc2ccccc21. The van der Waals surface area contributed by atoms with Crippen LogP contribution in [0.3, 0.4) is 0 Å². The van der Waals surface area contributed by atoms with Crippen LogP contribution in [-0.4, -0.2) is 24.9 Å². The summed E-state index contributed by atoms with van der Waals surface area (Å²) >= 11 is 1.46. The molecule has 0 aliphatic carbocycles. The zero-order valence-electron chi connectivity index (χ0n) is 15.7. The van der Waals surface area contributed by atoms with Crippen LogP contribution < -0.4 is 10.2 Å². The lowest BCUT2D eigenvalue weighted by atomic mass is 10.1. The van der Waals surface area contributed by atoms with Crippen molar-refractivity contribution < 1.29 is 9.59 Å². The number of hydrogen-bond donors (Lipinski definition) is 1. The molecule has 2 aromatic rings. The number of nitrogens with one attached hydrogen (secondary N) is 1. The van der Waals surface area contributed by atoms with E-state index in [0.717, 1.165) is 34.6 Å². The van der Waals surface area contributed by atoms with Gasteiger partial charge in [-0.3, -0.25) is 14.5 Å². The van der Waals surface area contributed by atoms with Crippen molar-refractivity contribution >= 4 is 35.3 Å². The number of nitrogens with zero attached hydrogens (tertiary/aromatic N) is 1. The molecule has 0 bridgehead atoms. The first kappa shape index (κ1) is 19.2. The lowest BCUT2D eigenvalue weighted by Crippen LogP contribution is -2.42. The fraction of sp³-hybridized carbons (Fsp3) is 0.273. The van der Waals surface area contributed by atoms with Gasteiger partial charge in [-0.05, 0) is 42.7 Å². The summed E-state index contributed by atoms with van der Waals surface area (Å²) in [6.45, 7) is 4.78. The van der Waals surface area contributed by atoms with Gasteiger partial charge >= 0.3 is 0 Å². The minimum absolute atomic E-state index is 0.0330. The van der Waals surface area contributed by atoms with E-state index in [2.05, 4.69) is 12.2 Å². The Morgan fingerprint density at radius 2 is 1.89 bits per heavy atom. The summed E-state index contributed by atoms with van der Waals surface area (Å²) in [5, 5.41) is 2.90. The average Bonchev–Trinajstić information content (AvgIpc) is 2.67. The van der Waals surface area contributed by atoms with Gasteiger partial charge in [-0.15, -0.1) is 0 Å².